The van der Waals surface area contributed by atoms with E-state index in [1.54, 1.807) is 42.7 Å². The molecule has 2 amide bonds. The van der Waals surface area contributed by atoms with E-state index >= 15 is 0 Å². The molecule has 0 aliphatic heterocycles. The molecule has 5 nitrogen and oxygen atoms in total. The third-order valence-electron chi connectivity index (χ3n) is 3.56. The zero-order valence-corrected chi connectivity index (χ0v) is 14.5. The number of amides is 2. The van der Waals surface area contributed by atoms with E-state index in [1.807, 2.05) is 13.8 Å². The minimum absolute atomic E-state index is 0.0317. The first-order chi connectivity index (χ1) is 11.5. The van der Waals surface area contributed by atoms with Gasteiger partial charge in [-0.1, -0.05) is 37.6 Å². The molecule has 2 N–H and O–H groups in total. The van der Waals surface area contributed by atoms with Crippen LogP contribution in [0.25, 0.3) is 0 Å². The Balaban J connectivity index is 1.90. The summed E-state index contributed by atoms with van der Waals surface area (Å²) in [7, 11) is 0. The standard InChI is InChI=1S/C18H21ClN2O3/c1-12(2)17(18(23)20-11-15-4-3-9-24-15)21-16(22)10-13-5-7-14(19)8-6-13/h3-9,12,17H,10-11H2,1-2H3,(H,20,23)(H,21,22)/t17-/m1/s1. The fourth-order valence-corrected chi connectivity index (χ4v) is 2.37. The SMILES string of the molecule is CC(C)[C@@H](NC(=O)Cc1ccc(Cl)cc1)C(=O)NCc1ccco1. The molecule has 1 aromatic heterocycles. The van der Waals surface area contributed by atoms with Crippen LogP contribution in [0.2, 0.25) is 5.02 Å². The molecule has 2 rings (SSSR count). The van der Waals surface area contributed by atoms with Crippen molar-refractivity contribution >= 4 is 23.4 Å². The lowest BCUT2D eigenvalue weighted by Crippen LogP contribution is -2.49. The molecule has 0 saturated heterocycles. The van der Waals surface area contributed by atoms with Gasteiger partial charge < -0.3 is 15.1 Å². The van der Waals surface area contributed by atoms with Gasteiger partial charge in [-0.2, -0.15) is 0 Å². The van der Waals surface area contributed by atoms with E-state index in [2.05, 4.69) is 10.6 Å². The number of hydrogen-bond acceptors (Lipinski definition) is 3. The minimum atomic E-state index is -0.597. The molecule has 0 bridgehead atoms. The van der Waals surface area contributed by atoms with Gasteiger partial charge in [0.05, 0.1) is 19.2 Å². The van der Waals surface area contributed by atoms with Crippen LogP contribution >= 0.6 is 11.6 Å². The van der Waals surface area contributed by atoms with E-state index in [4.69, 9.17) is 16.0 Å². The molecule has 0 fully saturated rings. The van der Waals surface area contributed by atoms with Gasteiger partial charge in [-0.05, 0) is 35.7 Å². The molecular weight excluding hydrogens is 328 g/mol. The lowest BCUT2D eigenvalue weighted by Gasteiger charge is -2.21. The third-order valence-corrected chi connectivity index (χ3v) is 3.81. The molecule has 0 saturated carbocycles. The number of nitrogens with one attached hydrogen (secondary N) is 2. The van der Waals surface area contributed by atoms with Crippen molar-refractivity contribution in [2.45, 2.75) is 32.9 Å². The summed E-state index contributed by atoms with van der Waals surface area (Å²) >= 11 is 5.83. The summed E-state index contributed by atoms with van der Waals surface area (Å²) in [5, 5.41) is 6.19. The van der Waals surface area contributed by atoms with Crippen molar-refractivity contribution in [2.24, 2.45) is 5.92 Å². The van der Waals surface area contributed by atoms with Gasteiger partial charge in [0, 0.05) is 5.02 Å². The van der Waals surface area contributed by atoms with Crippen molar-refractivity contribution in [3.05, 3.63) is 59.0 Å². The summed E-state index contributed by atoms with van der Waals surface area (Å²) in [6.07, 6.45) is 1.75. The van der Waals surface area contributed by atoms with Gasteiger partial charge in [0.25, 0.3) is 0 Å². The second kappa shape index (κ2) is 8.55. The van der Waals surface area contributed by atoms with Crippen LogP contribution in [-0.4, -0.2) is 17.9 Å². The smallest absolute Gasteiger partial charge is 0.243 e. The highest BCUT2D eigenvalue weighted by atomic mass is 35.5. The second-order valence-corrected chi connectivity index (χ2v) is 6.33. The predicted octanol–water partition coefficient (Wildman–Crippen LogP) is 2.93. The molecule has 1 heterocycles. The molecule has 0 unspecified atom stereocenters. The topological polar surface area (TPSA) is 71.3 Å². The fourth-order valence-electron chi connectivity index (χ4n) is 2.24. The highest BCUT2D eigenvalue weighted by molar-refractivity contribution is 6.30. The van der Waals surface area contributed by atoms with Crippen LogP contribution in [0.3, 0.4) is 0 Å². The Hall–Kier alpha value is -2.27. The van der Waals surface area contributed by atoms with E-state index in [0.717, 1.165) is 5.56 Å². The quantitative estimate of drug-likeness (QED) is 0.808. The highest BCUT2D eigenvalue weighted by Crippen LogP contribution is 2.10. The van der Waals surface area contributed by atoms with Gasteiger partial charge in [-0.15, -0.1) is 0 Å². The van der Waals surface area contributed by atoms with Gasteiger partial charge >= 0.3 is 0 Å². The second-order valence-electron chi connectivity index (χ2n) is 5.89. The number of benzene rings is 1. The number of carbonyl (C=O) groups excluding carboxylic acids is 2. The number of furan rings is 1. The van der Waals surface area contributed by atoms with Gasteiger partial charge in [0.1, 0.15) is 11.8 Å². The Morgan fingerprint density at radius 1 is 1.17 bits per heavy atom. The van der Waals surface area contributed by atoms with E-state index in [9.17, 15) is 9.59 Å². The van der Waals surface area contributed by atoms with Crippen molar-refractivity contribution in [2.75, 3.05) is 0 Å². The zero-order valence-electron chi connectivity index (χ0n) is 13.7. The number of carbonyl (C=O) groups is 2. The Morgan fingerprint density at radius 3 is 2.46 bits per heavy atom. The van der Waals surface area contributed by atoms with Crippen molar-refractivity contribution in [3.63, 3.8) is 0 Å². The summed E-state index contributed by atoms with van der Waals surface area (Å²) in [6.45, 7) is 4.07. The molecule has 0 spiro atoms. The van der Waals surface area contributed by atoms with Crippen LogP contribution in [0.5, 0.6) is 0 Å². The maximum absolute atomic E-state index is 12.3. The summed E-state index contributed by atoms with van der Waals surface area (Å²) in [5.74, 6) is 0.198. The first-order valence-corrected chi connectivity index (χ1v) is 8.17. The van der Waals surface area contributed by atoms with E-state index in [0.29, 0.717) is 17.3 Å². The van der Waals surface area contributed by atoms with Crippen molar-refractivity contribution in [1.82, 2.24) is 10.6 Å². The number of rotatable bonds is 7. The van der Waals surface area contributed by atoms with Crippen LogP contribution in [0.15, 0.2) is 47.1 Å². The monoisotopic (exact) mass is 348 g/mol. The number of hydrogen-bond donors (Lipinski definition) is 2. The predicted molar refractivity (Wildman–Crippen MR) is 92.5 cm³/mol. The summed E-state index contributed by atoms with van der Waals surface area (Å²) < 4.78 is 5.18. The van der Waals surface area contributed by atoms with Crippen LogP contribution in [0, 0.1) is 5.92 Å². The largest absolute Gasteiger partial charge is 0.467 e. The van der Waals surface area contributed by atoms with Gasteiger partial charge in [-0.25, -0.2) is 0 Å². The molecule has 0 radical (unpaired) electrons. The lowest BCUT2D eigenvalue weighted by molar-refractivity contribution is -0.129. The van der Waals surface area contributed by atoms with Crippen LogP contribution in [0.4, 0.5) is 0 Å². The van der Waals surface area contributed by atoms with Crippen LogP contribution < -0.4 is 10.6 Å². The third kappa shape index (κ3) is 5.42. The van der Waals surface area contributed by atoms with Crippen LogP contribution in [0.1, 0.15) is 25.2 Å². The Bertz CT molecular complexity index is 666. The molecule has 0 aliphatic carbocycles. The lowest BCUT2D eigenvalue weighted by atomic mass is 10.0. The molecule has 1 aromatic carbocycles. The molecule has 128 valence electrons. The first-order valence-electron chi connectivity index (χ1n) is 7.79. The number of halogens is 1. The average molecular weight is 349 g/mol. The normalized spacial score (nSPS) is 12.0. The van der Waals surface area contributed by atoms with Gasteiger partial charge in [0.2, 0.25) is 11.8 Å². The maximum Gasteiger partial charge on any atom is 0.243 e. The molecule has 0 aliphatic rings. The highest BCUT2D eigenvalue weighted by Gasteiger charge is 2.24. The van der Waals surface area contributed by atoms with E-state index < -0.39 is 6.04 Å². The average Bonchev–Trinajstić information content (AvgIpc) is 3.06. The van der Waals surface area contributed by atoms with E-state index in [-0.39, 0.29) is 24.2 Å². The molecular formula is C18H21ClN2O3. The minimum Gasteiger partial charge on any atom is -0.467 e. The van der Waals surface area contributed by atoms with E-state index in [1.165, 1.54) is 0 Å². The molecule has 1 atom stereocenters. The Labute approximate surface area is 146 Å². The van der Waals surface area contributed by atoms with Crippen molar-refractivity contribution < 1.29 is 14.0 Å². The Kier molecular flexibility index (Phi) is 6.44. The van der Waals surface area contributed by atoms with Gasteiger partial charge in [0.15, 0.2) is 0 Å². The molecule has 24 heavy (non-hydrogen) atoms. The Morgan fingerprint density at radius 2 is 1.88 bits per heavy atom. The summed E-state index contributed by atoms with van der Waals surface area (Å²) in [6, 6.07) is 10.0. The molecule has 6 heteroatoms. The molecule has 2 aromatic rings. The van der Waals surface area contributed by atoms with Crippen molar-refractivity contribution in [1.29, 1.82) is 0 Å². The first kappa shape index (κ1) is 18.1. The fraction of sp³-hybridized carbons (Fsp3) is 0.333. The zero-order chi connectivity index (χ0) is 17.5. The van der Waals surface area contributed by atoms with Crippen molar-refractivity contribution in [3.8, 4) is 0 Å². The van der Waals surface area contributed by atoms with Gasteiger partial charge in [-0.3, -0.25) is 9.59 Å². The summed E-state index contributed by atoms with van der Waals surface area (Å²) in [4.78, 5) is 24.5. The maximum atomic E-state index is 12.3. The summed E-state index contributed by atoms with van der Waals surface area (Å²) in [5.41, 5.74) is 0.843. The van der Waals surface area contributed by atoms with Crippen LogP contribution in [-0.2, 0) is 22.6 Å².